The monoisotopic (exact) mass is 455 g/mol. The minimum Gasteiger partial charge on any atom is -0.465 e. The Morgan fingerprint density at radius 3 is 2.76 bits per heavy atom. The molecule has 0 atom stereocenters. The summed E-state index contributed by atoms with van der Waals surface area (Å²) < 4.78 is 7.22. The smallest absolute Gasteiger partial charge is 0.407 e. The lowest BCUT2D eigenvalue weighted by atomic mass is 10.2. The summed E-state index contributed by atoms with van der Waals surface area (Å²) in [5, 5.41) is 17.0. The topological polar surface area (TPSA) is 151 Å². The molecule has 33 heavy (non-hydrogen) atoms. The second-order valence-corrected chi connectivity index (χ2v) is 7.28. The summed E-state index contributed by atoms with van der Waals surface area (Å²) in [5.74, 6) is 1.46. The first kappa shape index (κ1) is 22.3. The van der Waals surface area contributed by atoms with E-state index < -0.39 is 6.09 Å². The van der Waals surface area contributed by atoms with Gasteiger partial charge in [-0.1, -0.05) is 0 Å². The molecule has 1 fully saturated rings. The molecule has 13 heteroatoms. The predicted molar refractivity (Wildman–Crippen MR) is 119 cm³/mol. The van der Waals surface area contributed by atoms with Crippen molar-refractivity contribution in [3.8, 4) is 0 Å². The van der Waals surface area contributed by atoms with E-state index in [0.29, 0.717) is 80.2 Å². The molecule has 0 saturated carbocycles. The number of amides is 1. The van der Waals surface area contributed by atoms with Crippen molar-refractivity contribution in [3.05, 3.63) is 24.3 Å². The van der Waals surface area contributed by atoms with Crippen LogP contribution in [0.5, 0.6) is 0 Å². The molecule has 1 amide bonds. The number of rotatable bonds is 9. The molecule has 4 rings (SSSR count). The van der Waals surface area contributed by atoms with Crippen molar-refractivity contribution in [1.82, 2.24) is 34.6 Å². The van der Waals surface area contributed by atoms with Crippen LogP contribution >= 0.6 is 0 Å². The standard InChI is InChI=1S/C20H25N9O4/c1-2-33-12-10-29-17-16(14(26-29)4-11-30)24-19(27-6-8-28(9-7-27)20(31)32)25-18(17)23-15-3-5-21-13-22-15/h3,5,11,13H,2,4,6-10,12H2,1H3,(H,31,32)(H,21,22,23,24,25). The molecule has 1 aliphatic rings. The fourth-order valence-corrected chi connectivity index (χ4v) is 3.62. The first-order valence-electron chi connectivity index (χ1n) is 10.6. The van der Waals surface area contributed by atoms with Gasteiger partial charge in [0, 0.05) is 45.4 Å². The van der Waals surface area contributed by atoms with E-state index in [9.17, 15) is 14.7 Å². The molecule has 0 aromatic carbocycles. The Balaban J connectivity index is 1.77. The minimum absolute atomic E-state index is 0.105. The van der Waals surface area contributed by atoms with E-state index in [4.69, 9.17) is 14.7 Å². The van der Waals surface area contributed by atoms with Gasteiger partial charge in [-0.3, -0.25) is 4.68 Å². The van der Waals surface area contributed by atoms with Crippen molar-refractivity contribution < 1.29 is 19.4 Å². The van der Waals surface area contributed by atoms with Gasteiger partial charge >= 0.3 is 6.09 Å². The van der Waals surface area contributed by atoms with Crippen LogP contribution in [0.15, 0.2) is 18.6 Å². The molecule has 13 nitrogen and oxygen atoms in total. The Labute approximate surface area is 189 Å². The van der Waals surface area contributed by atoms with Gasteiger partial charge in [-0.2, -0.15) is 10.1 Å². The number of aldehydes is 1. The van der Waals surface area contributed by atoms with Gasteiger partial charge in [-0.15, -0.1) is 0 Å². The number of fused-ring (bicyclic) bond motifs is 1. The number of aromatic nitrogens is 6. The molecular formula is C20H25N9O4. The molecule has 174 valence electrons. The van der Waals surface area contributed by atoms with E-state index in [-0.39, 0.29) is 6.42 Å². The number of anilines is 3. The van der Waals surface area contributed by atoms with E-state index in [1.54, 1.807) is 16.9 Å². The van der Waals surface area contributed by atoms with Gasteiger partial charge in [0.05, 0.1) is 18.8 Å². The van der Waals surface area contributed by atoms with Gasteiger partial charge in [0.25, 0.3) is 0 Å². The Hall–Kier alpha value is -3.87. The van der Waals surface area contributed by atoms with Crippen molar-refractivity contribution in [2.24, 2.45) is 0 Å². The summed E-state index contributed by atoms with van der Waals surface area (Å²) >= 11 is 0. The molecule has 0 spiro atoms. The van der Waals surface area contributed by atoms with Gasteiger partial charge in [0.2, 0.25) is 5.95 Å². The Morgan fingerprint density at radius 1 is 1.27 bits per heavy atom. The zero-order valence-electron chi connectivity index (χ0n) is 18.2. The Morgan fingerprint density at radius 2 is 2.09 bits per heavy atom. The van der Waals surface area contributed by atoms with Crippen LogP contribution in [-0.4, -0.2) is 91.5 Å². The number of nitrogens with one attached hydrogen (secondary N) is 1. The third kappa shape index (κ3) is 4.98. The molecule has 1 saturated heterocycles. The van der Waals surface area contributed by atoms with Crippen LogP contribution < -0.4 is 10.2 Å². The van der Waals surface area contributed by atoms with Crippen molar-refractivity contribution in [2.45, 2.75) is 19.9 Å². The van der Waals surface area contributed by atoms with Crippen LogP contribution in [0.1, 0.15) is 12.6 Å². The van der Waals surface area contributed by atoms with E-state index in [1.807, 2.05) is 11.8 Å². The summed E-state index contributed by atoms with van der Waals surface area (Å²) in [5.41, 5.74) is 1.73. The highest BCUT2D eigenvalue weighted by Crippen LogP contribution is 2.29. The van der Waals surface area contributed by atoms with Crippen LogP contribution in [0.4, 0.5) is 22.4 Å². The number of carboxylic acid groups (broad SMARTS) is 1. The van der Waals surface area contributed by atoms with E-state index in [0.717, 1.165) is 6.29 Å². The van der Waals surface area contributed by atoms with Crippen LogP contribution in [0.3, 0.4) is 0 Å². The second-order valence-electron chi connectivity index (χ2n) is 7.28. The van der Waals surface area contributed by atoms with Crippen LogP contribution in [0.2, 0.25) is 0 Å². The van der Waals surface area contributed by atoms with Crippen molar-refractivity contribution >= 4 is 41.0 Å². The minimum atomic E-state index is -0.944. The van der Waals surface area contributed by atoms with Gasteiger partial charge in [-0.25, -0.2) is 19.7 Å². The molecule has 0 radical (unpaired) electrons. The molecule has 3 aromatic heterocycles. The molecule has 3 aromatic rings. The normalized spacial score (nSPS) is 14.0. The number of hydrogen-bond donors (Lipinski definition) is 2. The number of piperazine rings is 1. The van der Waals surface area contributed by atoms with E-state index in [2.05, 4.69) is 20.4 Å². The van der Waals surface area contributed by atoms with E-state index in [1.165, 1.54) is 11.2 Å². The summed E-state index contributed by atoms with van der Waals surface area (Å²) in [6.45, 7) is 5.00. The maximum atomic E-state index is 11.3. The predicted octanol–water partition coefficient (Wildman–Crippen LogP) is 0.938. The average Bonchev–Trinajstić information content (AvgIpc) is 3.18. The number of nitrogens with zero attached hydrogens (tertiary/aromatic N) is 8. The lowest BCUT2D eigenvalue weighted by Gasteiger charge is -2.33. The number of ether oxygens (including phenoxy) is 1. The third-order valence-corrected chi connectivity index (χ3v) is 5.23. The van der Waals surface area contributed by atoms with E-state index >= 15 is 0 Å². The highest BCUT2D eigenvalue weighted by atomic mass is 16.5. The zero-order valence-corrected chi connectivity index (χ0v) is 18.2. The Kier molecular flexibility index (Phi) is 6.88. The number of carbonyl (C=O) groups excluding carboxylic acids is 1. The fraction of sp³-hybridized carbons (Fsp3) is 0.450. The molecule has 0 aliphatic carbocycles. The van der Waals surface area contributed by atoms with Crippen LogP contribution in [0, 0.1) is 0 Å². The number of hydrogen-bond acceptors (Lipinski definition) is 10. The maximum absolute atomic E-state index is 11.3. The third-order valence-electron chi connectivity index (χ3n) is 5.23. The first-order chi connectivity index (χ1) is 16.1. The first-order valence-corrected chi connectivity index (χ1v) is 10.6. The van der Waals surface area contributed by atoms with Gasteiger partial charge in [-0.05, 0) is 13.0 Å². The van der Waals surface area contributed by atoms with Crippen molar-refractivity contribution in [1.29, 1.82) is 0 Å². The summed E-state index contributed by atoms with van der Waals surface area (Å²) in [4.78, 5) is 43.5. The van der Waals surface area contributed by atoms with Crippen molar-refractivity contribution in [2.75, 3.05) is 49.6 Å². The highest BCUT2D eigenvalue weighted by Gasteiger charge is 2.25. The summed E-state index contributed by atoms with van der Waals surface area (Å²) in [6.07, 6.45) is 3.00. The molecule has 2 N–H and O–H groups in total. The van der Waals surface area contributed by atoms with Gasteiger partial charge in [0.15, 0.2) is 5.82 Å². The second kappa shape index (κ2) is 10.2. The summed E-state index contributed by atoms with van der Waals surface area (Å²) in [7, 11) is 0. The molecule has 4 heterocycles. The largest absolute Gasteiger partial charge is 0.465 e. The maximum Gasteiger partial charge on any atom is 0.407 e. The fourth-order valence-electron chi connectivity index (χ4n) is 3.62. The van der Waals surface area contributed by atoms with Gasteiger partial charge in [0.1, 0.15) is 29.5 Å². The molecule has 0 bridgehead atoms. The van der Waals surface area contributed by atoms with Crippen molar-refractivity contribution in [3.63, 3.8) is 0 Å². The summed E-state index contributed by atoms with van der Waals surface area (Å²) in [6, 6.07) is 1.71. The quantitative estimate of drug-likeness (QED) is 0.350. The SMILES string of the molecule is CCOCCn1nc(CC=O)c2nc(N3CCN(C(=O)O)CC3)nc(Nc3ccncn3)c21. The highest BCUT2D eigenvalue weighted by molar-refractivity contribution is 5.91. The molecule has 0 unspecified atom stereocenters. The molecular weight excluding hydrogens is 430 g/mol. The molecule has 1 aliphatic heterocycles. The lowest BCUT2D eigenvalue weighted by molar-refractivity contribution is -0.107. The van der Waals surface area contributed by atoms with Crippen LogP contribution in [-0.2, 0) is 22.5 Å². The van der Waals surface area contributed by atoms with Crippen LogP contribution in [0.25, 0.3) is 11.0 Å². The Bertz CT molecular complexity index is 1110. The van der Waals surface area contributed by atoms with Gasteiger partial charge < -0.3 is 29.8 Å². The zero-order chi connectivity index (χ0) is 23.2. The average molecular weight is 455 g/mol. The lowest BCUT2D eigenvalue weighted by Crippen LogP contribution is -2.48. The number of carbonyl (C=O) groups is 2.